The summed E-state index contributed by atoms with van der Waals surface area (Å²) in [6, 6.07) is 6.59. The second-order valence-corrected chi connectivity index (χ2v) is 4.41. The predicted octanol–water partition coefficient (Wildman–Crippen LogP) is 2.20. The quantitative estimate of drug-likeness (QED) is 0.465. The van der Waals surface area contributed by atoms with Gasteiger partial charge in [0.05, 0.1) is 24.2 Å². The van der Waals surface area contributed by atoms with Crippen molar-refractivity contribution in [1.82, 2.24) is 0 Å². The molecule has 1 saturated heterocycles. The smallest absolute Gasteiger partial charge is 0.292 e. The molecule has 1 N–H and O–H groups in total. The second-order valence-electron chi connectivity index (χ2n) is 4.41. The first-order chi connectivity index (χ1) is 9.27. The summed E-state index contributed by atoms with van der Waals surface area (Å²) < 4.78 is 10.9. The van der Waals surface area contributed by atoms with Gasteiger partial charge in [0.1, 0.15) is 5.69 Å². The lowest BCUT2D eigenvalue weighted by molar-refractivity contribution is -0.384. The third-order valence-electron chi connectivity index (χ3n) is 2.99. The van der Waals surface area contributed by atoms with E-state index in [2.05, 4.69) is 5.32 Å². The first-order valence-electron chi connectivity index (χ1n) is 6.44. The van der Waals surface area contributed by atoms with Gasteiger partial charge in [-0.2, -0.15) is 0 Å². The summed E-state index contributed by atoms with van der Waals surface area (Å²) in [7, 11) is 0. The Morgan fingerprint density at radius 2 is 2.32 bits per heavy atom. The van der Waals surface area contributed by atoms with Gasteiger partial charge in [-0.05, 0) is 18.9 Å². The molecule has 1 heterocycles. The number of benzene rings is 1. The fourth-order valence-electron chi connectivity index (χ4n) is 2.03. The molecule has 1 aromatic carbocycles. The van der Waals surface area contributed by atoms with Crippen LogP contribution in [0, 0.1) is 10.1 Å². The molecule has 0 unspecified atom stereocenters. The van der Waals surface area contributed by atoms with Gasteiger partial charge in [0.2, 0.25) is 0 Å². The first-order valence-corrected chi connectivity index (χ1v) is 6.44. The minimum atomic E-state index is -0.393. The van der Waals surface area contributed by atoms with Crippen molar-refractivity contribution in [3.63, 3.8) is 0 Å². The molecule has 0 aromatic heterocycles. The minimum absolute atomic E-state index is 0.0848. The highest BCUT2D eigenvalue weighted by atomic mass is 16.6. The summed E-state index contributed by atoms with van der Waals surface area (Å²) in [6.45, 7) is 2.46. The molecular formula is C13H18N2O4. The molecule has 6 heteroatoms. The summed E-state index contributed by atoms with van der Waals surface area (Å²) in [5.41, 5.74) is 0.606. The van der Waals surface area contributed by atoms with Crippen LogP contribution in [0.1, 0.15) is 12.8 Å². The monoisotopic (exact) mass is 266 g/mol. The van der Waals surface area contributed by atoms with E-state index in [9.17, 15) is 10.1 Å². The molecule has 0 radical (unpaired) electrons. The zero-order valence-electron chi connectivity index (χ0n) is 10.7. The zero-order valence-corrected chi connectivity index (χ0v) is 10.7. The number of hydrogen-bond acceptors (Lipinski definition) is 5. The van der Waals surface area contributed by atoms with Crippen LogP contribution in [0.2, 0.25) is 0 Å². The molecule has 1 aliphatic heterocycles. The van der Waals surface area contributed by atoms with Gasteiger partial charge in [-0.15, -0.1) is 0 Å². The van der Waals surface area contributed by atoms with Gasteiger partial charge in [-0.25, -0.2) is 0 Å². The molecule has 0 saturated carbocycles. The Labute approximate surface area is 111 Å². The summed E-state index contributed by atoms with van der Waals surface area (Å²) >= 11 is 0. The Morgan fingerprint density at radius 3 is 3.05 bits per heavy atom. The van der Waals surface area contributed by atoms with Gasteiger partial charge < -0.3 is 14.8 Å². The van der Waals surface area contributed by atoms with Gasteiger partial charge in [-0.1, -0.05) is 12.1 Å². The van der Waals surface area contributed by atoms with Crippen LogP contribution < -0.4 is 5.32 Å². The molecular weight excluding hydrogens is 248 g/mol. The van der Waals surface area contributed by atoms with Crippen molar-refractivity contribution in [2.45, 2.75) is 18.9 Å². The van der Waals surface area contributed by atoms with Gasteiger partial charge in [-0.3, -0.25) is 10.1 Å². The SMILES string of the molecule is O=[N+]([O-])c1ccccc1NCCOC[C@@H]1CCCO1. The maximum atomic E-state index is 10.8. The summed E-state index contributed by atoms with van der Waals surface area (Å²) in [6.07, 6.45) is 2.37. The lowest BCUT2D eigenvalue weighted by Crippen LogP contribution is -2.18. The predicted molar refractivity (Wildman–Crippen MR) is 71.4 cm³/mol. The highest BCUT2D eigenvalue weighted by molar-refractivity contribution is 5.60. The Balaban J connectivity index is 1.69. The number of nitro benzene ring substituents is 1. The number of para-hydroxylation sites is 2. The number of hydrogen-bond donors (Lipinski definition) is 1. The standard InChI is InChI=1S/C13H18N2O4/c16-15(17)13-6-2-1-5-12(13)14-7-9-18-10-11-4-3-8-19-11/h1-2,5-6,11,14H,3-4,7-10H2/t11-/m0/s1. The molecule has 0 bridgehead atoms. The van der Waals surface area contributed by atoms with Crippen LogP contribution >= 0.6 is 0 Å². The fraction of sp³-hybridized carbons (Fsp3) is 0.538. The summed E-state index contributed by atoms with van der Waals surface area (Å²) in [5, 5.41) is 13.8. The number of rotatable bonds is 7. The average Bonchev–Trinajstić information content (AvgIpc) is 2.92. The number of nitro groups is 1. The van der Waals surface area contributed by atoms with Crippen molar-refractivity contribution < 1.29 is 14.4 Å². The van der Waals surface area contributed by atoms with E-state index in [1.54, 1.807) is 18.2 Å². The third-order valence-corrected chi connectivity index (χ3v) is 2.99. The number of nitrogens with zero attached hydrogens (tertiary/aromatic N) is 1. The van der Waals surface area contributed by atoms with Crippen LogP contribution in [0.15, 0.2) is 24.3 Å². The van der Waals surface area contributed by atoms with Crippen molar-refractivity contribution in [3.8, 4) is 0 Å². The summed E-state index contributed by atoms with van der Waals surface area (Å²) in [4.78, 5) is 10.4. The molecule has 1 atom stereocenters. The molecule has 0 spiro atoms. The lowest BCUT2D eigenvalue weighted by Gasteiger charge is -2.11. The third kappa shape index (κ3) is 4.18. The molecule has 19 heavy (non-hydrogen) atoms. The highest BCUT2D eigenvalue weighted by Crippen LogP contribution is 2.22. The maximum Gasteiger partial charge on any atom is 0.292 e. The van der Waals surface area contributed by atoms with Crippen LogP contribution in [-0.2, 0) is 9.47 Å². The van der Waals surface area contributed by atoms with Crippen LogP contribution in [-0.4, -0.2) is 37.4 Å². The lowest BCUT2D eigenvalue weighted by atomic mass is 10.2. The molecule has 104 valence electrons. The normalized spacial score (nSPS) is 18.4. The van der Waals surface area contributed by atoms with E-state index in [-0.39, 0.29) is 11.8 Å². The molecule has 1 aromatic rings. The van der Waals surface area contributed by atoms with Gasteiger partial charge >= 0.3 is 0 Å². The van der Waals surface area contributed by atoms with Crippen molar-refractivity contribution in [1.29, 1.82) is 0 Å². The fourth-order valence-corrected chi connectivity index (χ4v) is 2.03. The molecule has 1 fully saturated rings. The Morgan fingerprint density at radius 1 is 1.47 bits per heavy atom. The number of anilines is 1. The zero-order chi connectivity index (χ0) is 13.5. The van der Waals surface area contributed by atoms with E-state index in [0.717, 1.165) is 19.4 Å². The topological polar surface area (TPSA) is 73.6 Å². The van der Waals surface area contributed by atoms with Gasteiger partial charge in [0.15, 0.2) is 0 Å². The second kappa shape index (κ2) is 7.06. The van der Waals surface area contributed by atoms with E-state index in [1.807, 2.05) is 0 Å². The van der Waals surface area contributed by atoms with Gasteiger partial charge in [0.25, 0.3) is 5.69 Å². The number of nitrogens with one attached hydrogen (secondary N) is 1. The van der Waals surface area contributed by atoms with Crippen LogP contribution in [0.5, 0.6) is 0 Å². The Kier molecular flexibility index (Phi) is 5.11. The Bertz CT molecular complexity index is 419. The van der Waals surface area contributed by atoms with Crippen LogP contribution in [0.3, 0.4) is 0 Å². The molecule has 0 aliphatic carbocycles. The first kappa shape index (κ1) is 13.8. The molecule has 0 amide bonds. The van der Waals surface area contributed by atoms with Crippen molar-refractivity contribution in [2.24, 2.45) is 0 Å². The van der Waals surface area contributed by atoms with E-state index in [4.69, 9.17) is 9.47 Å². The van der Waals surface area contributed by atoms with E-state index < -0.39 is 4.92 Å². The molecule has 6 nitrogen and oxygen atoms in total. The van der Waals surface area contributed by atoms with E-state index in [1.165, 1.54) is 6.07 Å². The highest BCUT2D eigenvalue weighted by Gasteiger charge is 2.15. The summed E-state index contributed by atoms with van der Waals surface area (Å²) in [5.74, 6) is 0. The minimum Gasteiger partial charge on any atom is -0.377 e. The molecule has 1 aliphatic rings. The molecule has 2 rings (SSSR count). The number of ether oxygens (including phenoxy) is 2. The van der Waals surface area contributed by atoms with Gasteiger partial charge in [0, 0.05) is 19.2 Å². The Hall–Kier alpha value is -1.66. The maximum absolute atomic E-state index is 10.8. The van der Waals surface area contributed by atoms with Crippen LogP contribution in [0.4, 0.5) is 11.4 Å². The van der Waals surface area contributed by atoms with E-state index in [0.29, 0.717) is 25.4 Å². The van der Waals surface area contributed by atoms with Crippen molar-refractivity contribution in [2.75, 3.05) is 31.7 Å². The van der Waals surface area contributed by atoms with Crippen molar-refractivity contribution in [3.05, 3.63) is 34.4 Å². The average molecular weight is 266 g/mol. The van der Waals surface area contributed by atoms with Crippen LogP contribution in [0.25, 0.3) is 0 Å². The largest absolute Gasteiger partial charge is 0.377 e. The van der Waals surface area contributed by atoms with Crippen molar-refractivity contribution >= 4 is 11.4 Å². The van der Waals surface area contributed by atoms with E-state index >= 15 is 0 Å².